The first-order valence-electron chi connectivity index (χ1n) is 6.92. The molecule has 0 bridgehead atoms. The van der Waals surface area contributed by atoms with Crippen LogP contribution < -0.4 is 4.90 Å². The maximum absolute atomic E-state index is 10.6. The minimum atomic E-state index is -0.0799. The van der Waals surface area contributed by atoms with E-state index in [1.807, 2.05) is 6.92 Å². The molecule has 2 heteroatoms. The zero-order valence-corrected chi connectivity index (χ0v) is 14.0. The Balaban J connectivity index is 3.87. The quantitative estimate of drug-likeness (QED) is 0.813. The standard InChI is InChI=1S/C17H29NO/c1-11-10-12(18(8)9)13(16(2,3)4)14(15(11)19)17(5,6)7/h10,19H,1-9H3. The molecule has 0 unspecified atom stereocenters. The van der Waals surface area contributed by atoms with Gasteiger partial charge in [0.05, 0.1) is 0 Å². The Hall–Kier alpha value is -1.18. The van der Waals surface area contributed by atoms with Crippen molar-refractivity contribution >= 4 is 5.69 Å². The van der Waals surface area contributed by atoms with Crippen molar-refractivity contribution in [1.82, 2.24) is 0 Å². The van der Waals surface area contributed by atoms with Crippen molar-refractivity contribution in [2.75, 3.05) is 19.0 Å². The van der Waals surface area contributed by atoms with Gasteiger partial charge in [0, 0.05) is 25.3 Å². The molecule has 0 aliphatic rings. The number of phenolic OH excluding ortho intramolecular Hbond substituents is 1. The fourth-order valence-electron chi connectivity index (χ4n) is 2.63. The summed E-state index contributed by atoms with van der Waals surface area (Å²) in [5.41, 5.74) is 4.38. The molecule has 1 rings (SSSR count). The molecule has 0 radical (unpaired) electrons. The van der Waals surface area contributed by atoms with Crippen LogP contribution in [0.25, 0.3) is 0 Å². The van der Waals surface area contributed by atoms with Crippen molar-refractivity contribution in [2.45, 2.75) is 59.3 Å². The summed E-state index contributed by atoms with van der Waals surface area (Å²) in [4.78, 5) is 2.14. The largest absolute Gasteiger partial charge is 0.507 e. The third-order valence-electron chi connectivity index (χ3n) is 3.45. The Bertz CT molecular complexity index is 474. The highest BCUT2D eigenvalue weighted by Gasteiger charge is 2.32. The minimum Gasteiger partial charge on any atom is -0.507 e. The number of nitrogens with zero attached hydrogens (tertiary/aromatic N) is 1. The molecule has 0 fully saturated rings. The molecule has 0 amide bonds. The Labute approximate surface area is 118 Å². The van der Waals surface area contributed by atoms with E-state index < -0.39 is 0 Å². The first kappa shape index (κ1) is 15.9. The molecule has 0 aliphatic heterocycles. The SMILES string of the molecule is Cc1cc(N(C)C)c(C(C)(C)C)c(C(C)(C)C)c1O. The Morgan fingerprint density at radius 1 is 0.895 bits per heavy atom. The molecule has 0 saturated carbocycles. The van der Waals surface area contributed by atoms with Crippen LogP contribution in [0.2, 0.25) is 0 Å². The van der Waals surface area contributed by atoms with Gasteiger partial charge >= 0.3 is 0 Å². The van der Waals surface area contributed by atoms with Gasteiger partial charge < -0.3 is 10.0 Å². The summed E-state index contributed by atoms with van der Waals surface area (Å²) in [6, 6.07) is 2.09. The number of hydrogen-bond acceptors (Lipinski definition) is 2. The van der Waals surface area contributed by atoms with Gasteiger partial charge in [0.25, 0.3) is 0 Å². The average Bonchev–Trinajstić information content (AvgIpc) is 2.17. The molecule has 0 heterocycles. The molecule has 0 aliphatic carbocycles. The van der Waals surface area contributed by atoms with Gasteiger partial charge in [0.1, 0.15) is 5.75 Å². The van der Waals surface area contributed by atoms with Gasteiger partial charge in [-0.1, -0.05) is 41.5 Å². The Kier molecular flexibility index (Phi) is 3.96. The monoisotopic (exact) mass is 263 g/mol. The third kappa shape index (κ3) is 3.05. The molecule has 1 aromatic carbocycles. The van der Waals surface area contributed by atoms with E-state index in [0.29, 0.717) is 5.75 Å². The van der Waals surface area contributed by atoms with Crippen molar-refractivity contribution in [2.24, 2.45) is 0 Å². The zero-order valence-electron chi connectivity index (χ0n) is 14.0. The van der Waals surface area contributed by atoms with Crippen molar-refractivity contribution < 1.29 is 5.11 Å². The van der Waals surface area contributed by atoms with E-state index in [-0.39, 0.29) is 10.8 Å². The van der Waals surface area contributed by atoms with E-state index in [9.17, 15) is 5.11 Å². The third-order valence-corrected chi connectivity index (χ3v) is 3.45. The van der Waals surface area contributed by atoms with E-state index in [2.05, 4.69) is 66.6 Å². The fraction of sp³-hybridized carbons (Fsp3) is 0.647. The highest BCUT2D eigenvalue weighted by Crippen LogP contribution is 2.45. The van der Waals surface area contributed by atoms with Crippen LogP contribution in [0.3, 0.4) is 0 Å². The zero-order chi connectivity index (χ0) is 15.2. The number of rotatable bonds is 1. The summed E-state index contributed by atoms with van der Waals surface area (Å²) in [5, 5.41) is 10.6. The lowest BCUT2D eigenvalue weighted by Crippen LogP contribution is -2.26. The molecule has 0 spiro atoms. The molecule has 1 aromatic rings. The number of anilines is 1. The van der Waals surface area contributed by atoms with E-state index >= 15 is 0 Å². The van der Waals surface area contributed by atoms with Crippen LogP contribution in [0.1, 0.15) is 58.2 Å². The molecule has 0 saturated heterocycles. The average molecular weight is 263 g/mol. The van der Waals surface area contributed by atoms with Crippen LogP contribution in [0.15, 0.2) is 6.07 Å². The van der Waals surface area contributed by atoms with E-state index in [0.717, 1.165) is 11.1 Å². The molecular formula is C17H29NO. The molecule has 2 nitrogen and oxygen atoms in total. The van der Waals surface area contributed by atoms with Gasteiger partial charge in [-0.05, 0) is 34.9 Å². The number of hydrogen-bond donors (Lipinski definition) is 1. The van der Waals surface area contributed by atoms with Gasteiger partial charge in [0.15, 0.2) is 0 Å². The number of aromatic hydroxyl groups is 1. The summed E-state index contributed by atoms with van der Waals surface area (Å²) < 4.78 is 0. The number of benzene rings is 1. The lowest BCUT2D eigenvalue weighted by atomic mass is 9.73. The van der Waals surface area contributed by atoms with Crippen LogP contribution in [-0.2, 0) is 10.8 Å². The topological polar surface area (TPSA) is 23.5 Å². The van der Waals surface area contributed by atoms with Gasteiger partial charge in [-0.25, -0.2) is 0 Å². The van der Waals surface area contributed by atoms with Crippen LogP contribution >= 0.6 is 0 Å². The van der Waals surface area contributed by atoms with E-state index in [4.69, 9.17) is 0 Å². The summed E-state index contributed by atoms with van der Waals surface area (Å²) in [7, 11) is 4.13. The molecule has 0 aromatic heterocycles. The lowest BCUT2D eigenvalue weighted by molar-refractivity contribution is 0.432. The maximum atomic E-state index is 10.6. The second kappa shape index (κ2) is 4.73. The predicted molar refractivity (Wildman–Crippen MR) is 84.6 cm³/mol. The van der Waals surface area contributed by atoms with Gasteiger partial charge in [0.2, 0.25) is 0 Å². The number of phenols is 1. The van der Waals surface area contributed by atoms with E-state index in [1.54, 1.807) is 0 Å². The predicted octanol–water partition coefficient (Wildman–Crippen LogP) is 4.36. The van der Waals surface area contributed by atoms with Crippen LogP contribution in [0.4, 0.5) is 5.69 Å². The second-order valence-electron chi connectivity index (χ2n) is 7.71. The van der Waals surface area contributed by atoms with Crippen molar-refractivity contribution in [3.8, 4) is 5.75 Å². The maximum Gasteiger partial charge on any atom is 0.122 e. The minimum absolute atomic E-state index is 0.00655. The van der Waals surface area contributed by atoms with Gasteiger partial charge in [-0.2, -0.15) is 0 Å². The van der Waals surface area contributed by atoms with Crippen LogP contribution in [0.5, 0.6) is 5.75 Å². The first-order valence-corrected chi connectivity index (χ1v) is 6.92. The summed E-state index contributed by atoms with van der Waals surface area (Å²) in [5.74, 6) is 0.447. The van der Waals surface area contributed by atoms with Crippen molar-refractivity contribution in [3.63, 3.8) is 0 Å². The lowest BCUT2D eigenvalue weighted by Gasteiger charge is -2.35. The second-order valence-corrected chi connectivity index (χ2v) is 7.71. The first-order chi connectivity index (χ1) is 8.37. The highest BCUT2D eigenvalue weighted by atomic mass is 16.3. The summed E-state index contributed by atoms with van der Waals surface area (Å²) >= 11 is 0. The molecular weight excluding hydrogens is 234 g/mol. The van der Waals surface area contributed by atoms with Crippen LogP contribution in [-0.4, -0.2) is 19.2 Å². The van der Waals surface area contributed by atoms with Gasteiger partial charge in [-0.3, -0.25) is 0 Å². The van der Waals surface area contributed by atoms with Crippen LogP contribution in [0, 0.1) is 6.92 Å². The Morgan fingerprint density at radius 2 is 1.32 bits per heavy atom. The van der Waals surface area contributed by atoms with Crippen molar-refractivity contribution in [1.29, 1.82) is 0 Å². The highest BCUT2D eigenvalue weighted by molar-refractivity contribution is 5.66. The molecule has 108 valence electrons. The molecule has 19 heavy (non-hydrogen) atoms. The van der Waals surface area contributed by atoms with E-state index in [1.165, 1.54) is 11.3 Å². The smallest absolute Gasteiger partial charge is 0.122 e. The summed E-state index contributed by atoms with van der Waals surface area (Å²) in [6.45, 7) is 15.1. The fourth-order valence-corrected chi connectivity index (χ4v) is 2.63. The molecule has 0 atom stereocenters. The van der Waals surface area contributed by atoms with Crippen molar-refractivity contribution in [3.05, 3.63) is 22.8 Å². The number of aryl methyl sites for hydroxylation is 1. The van der Waals surface area contributed by atoms with Gasteiger partial charge in [-0.15, -0.1) is 0 Å². The Morgan fingerprint density at radius 3 is 1.63 bits per heavy atom. The molecule has 1 N–H and O–H groups in total. The summed E-state index contributed by atoms with van der Waals surface area (Å²) in [6.07, 6.45) is 0. The normalized spacial score (nSPS) is 12.7.